The number of benzene rings is 1. The molecule has 0 saturated heterocycles. The number of rotatable bonds is 7. The smallest absolute Gasteiger partial charge is 0.471 e. The Bertz CT molecular complexity index is 1020. The van der Waals surface area contributed by atoms with Crippen molar-refractivity contribution in [3.05, 3.63) is 45.8 Å². The van der Waals surface area contributed by atoms with Crippen molar-refractivity contribution in [1.29, 1.82) is 0 Å². The number of halogens is 3. The summed E-state index contributed by atoms with van der Waals surface area (Å²) in [6.45, 7) is 0. The van der Waals surface area contributed by atoms with Gasteiger partial charge in [-0.1, -0.05) is 12.1 Å². The Morgan fingerprint density at radius 3 is 2.41 bits per heavy atom. The summed E-state index contributed by atoms with van der Waals surface area (Å²) in [5.74, 6) is -3.02. The van der Waals surface area contributed by atoms with E-state index in [1.807, 2.05) is 5.32 Å². The Balaban J connectivity index is 1.82. The number of fused-ring (bicyclic) bond motifs is 1. The summed E-state index contributed by atoms with van der Waals surface area (Å²) in [5.41, 5.74) is 6.87. The lowest BCUT2D eigenvalue weighted by Crippen LogP contribution is -2.40. The lowest BCUT2D eigenvalue weighted by molar-refractivity contribution is -0.174. The number of ether oxygens (including phenoxy) is 1. The molecule has 172 valence electrons. The molecule has 0 saturated carbocycles. The monoisotopic (exact) mass is 469 g/mol. The lowest BCUT2D eigenvalue weighted by Gasteiger charge is -2.20. The van der Waals surface area contributed by atoms with Gasteiger partial charge in [0.25, 0.3) is 5.91 Å². The zero-order chi connectivity index (χ0) is 23.5. The van der Waals surface area contributed by atoms with E-state index in [4.69, 9.17) is 10.5 Å². The molecule has 1 aromatic heterocycles. The van der Waals surface area contributed by atoms with Crippen molar-refractivity contribution in [2.75, 3.05) is 12.4 Å². The predicted octanol–water partition coefficient (Wildman–Crippen LogP) is 3.48. The van der Waals surface area contributed by atoms with Crippen LogP contribution in [0.15, 0.2) is 24.3 Å². The van der Waals surface area contributed by atoms with Crippen LogP contribution in [0.3, 0.4) is 0 Å². The number of hydrogen-bond donors (Lipinski definition) is 3. The minimum Gasteiger partial charge on any atom is -0.497 e. The number of methoxy groups -OCH3 is 1. The van der Waals surface area contributed by atoms with Crippen molar-refractivity contribution in [3.8, 4) is 5.75 Å². The number of primary amides is 1. The standard InChI is InChI=1S/C21H22F3N3O4S/c1-31-12-8-6-11(7-9-12)14(26-20(30)21(22,23)24)10-16(28)27-19-17(18(25)29)13-4-2-3-5-15(13)32-19/h6-9,14H,2-5,10H2,1H3,(H2,25,29)(H,26,30)(H,27,28)/t14-/m0/s1. The fourth-order valence-corrected chi connectivity index (χ4v) is 4.92. The van der Waals surface area contributed by atoms with Crippen molar-refractivity contribution < 1.29 is 32.3 Å². The Hall–Kier alpha value is -3.08. The van der Waals surface area contributed by atoms with Crippen LogP contribution in [-0.4, -0.2) is 31.0 Å². The van der Waals surface area contributed by atoms with Gasteiger partial charge >= 0.3 is 12.1 Å². The number of anilines is 1. The van der Waals surface area contributed by atoms with Gasteiger partial charge in [0.05, 0.1) is 25.1 Å². The largest absolute Gasteiger partial charge is 0.497 e. The maximum atomic E-state index is 12.8. The molecule has 0 bridgehead atoms. The molecule has 0 fully saturated rings. The van der Waals surface area contributed by atoms with Crippen LogP contribution in [-0.2, 0) is 22.4 Å². The first-order valence-electron chi connectivity index (χ1n) is 9.86. The van der Waals surface area contributed by atoms with E-state index in [1.165, 1.54) is 42.7 Å². The number of hydrogen-bond acceptors (Lipinski definition) is 5. The first-order valence-corrected chi connectivity index (χ1v) is 10.7. The molecule has 4 N–H and O–H groups in total. The lowest BCUT2D eigenvalue weighted by atomic mass is 9.95. The summed E-state index contributed by atoms with van der Waals surface area (Å²) in [7, 11) is 1.43. The van der Waals surface area contributed by atoms with Gasteiger partial charge in [-0.05, 0) is 48.9 Å². The highest BCUT2D eigenvalue weighted by Crippen LogP contribution is 2.38. The zero-order valence-electron chi connectivity index (χ0n) is 17.2. The number of thiophene rings is 1. The maximum absolute atomic E-state index is 12.8. The second-order valence-electron chi connectivity index (χ2n) is 7.33. The Morgan fingerprint density at radius 1 is 1.16 bits per heavy atom. The number of alkyl halides is 3. The number of carbonyl (C=O) groups excluding carboxylic acids is 3. The van der Waals surface area contributed by atoms with Crippen LogP contribution in [0.1, 0.15) is 51.7 Å². The molecule has 0 unspecified atom stereocenters. The van der Waals surface area contributed by atoms with E-state index in [1.54, 1.807) is 0 Å². The molecule has 0 spiro atoms. The SMILES string of the molecule is COc1ccc([C@H](CC(=O)Nc2sc3c(c2C(N)=O)CCCC3)NC(=O)C(F)(F)F)cc1. The molecular formula is C21H22F3N3O4S. The Kier molecular flexibility index (Phi) is 7.07. The van der Waals surface area contributed by atoms with Crippen molar-refractivity contribution >= 4 is 34.1 Å². The average Bonchev–Trinajstić information content (AvgIpc) is 3.10. The first kappa shape index (κ1) is 23.6. The molecule has 1 aromatic carbocycles. The van der Waals surface area contributed by atoms with Gasteiger partial charge in [-0.2, -0.15) is 13.2 Å². The topological polar surface area (TPSA) is 111 Å². The van der Waals surface area contributed by atoms with Gasteiger partial charge in [0.15, 0.2) is 0 Å². The Labute approximate surface area is 186 Å². The summed E-state index contributed by atoms with van der Waals surface area (Å²) in [4.78, 5) is 37.2. The second kappa shape index (κ2) is 9.60. The molecule has 11 heteroatoms. The zero-order valence-corrected chi connectivity index (χ0v) is 18.0. The normalized spacial score (nSPS) is 14.2. The van der Waals surface area contributed by atoms with E-state index in [0.717, 1.165) is 29.7 Å². The summed E-state index contributed by atoms with van der Waals surface area (Å²) in [6, 6.07) is 4.71. The van der Waals surface area contributed by atoms with Crippen LogP contribution in [0.2, 0.25) is 0 Å². The van der Waals surface area contributed by atoms with E-state index in [0.29, 0.717) is 17.7 Å². The summed E-state index contributed by atoms with van der Waals surface area (Å²) >= 11 is 1.25. The highest BCUT2D eigenvalue weighted by Gasteiger charge is 2.40. The summed E-state index contributed by atoms with van der Waals surface area (Å²) < 4.78 is 43.5. The van der Waals surface area contributed by atoms with Gasteiger partial charge in [0, 0.05) is 4.88 Å². The molecule has 3 rings (SSSR count). The molecule has 1 heterocycles. The molecule has 2 aromatic rings. The molecule has 1 atom stereocenters. The van der Waals surface area contributed by atoms with Gasteiger partial charge < -0.3 is 21.1 Å². The molecule has 1 aliphatic carbocycles. The number of amides is 3. The molecule has 0 aliphatic heterocycles. The number of carbonyl (C=O) groups is 3. The molecule has 3 amide bonds. The van der Waals surface area contributed by atoms with Crippen LogP contribution in [0.25, 0.3) is 0 Å². The van der Waals surface area contributed by atoms with Gasteiger partial charge in [0.2, 0.25) is 5.91 Å². The maximum Gasteiger partial charge on any atom is 0.471 e. The van der Waals surface area contributed by atoms with Gasteiger partial charge in [-0.25, -0.2) is 0 Å². The third-order valence-electron chi connectivity index (χ3n) is 5.14. The van der Waals surface area contributed by atoms with E-state index < -0.39 is 36.4 Å². The second-order valence-corrected chi connectivity index (χ2v) is 8.43. The molecule has 0 radical (unpaired) electrons. The fourth-order valence-electron chi connectivity index (χ4n) is 3.61. The molecule has 7 nitrogen and oxygen atoms in total. The van der Waals surface area contributed by atoms with E-state index in [9.17, 15) is 27.6 Å². The third kappa shape index (κ3) is 5.39. The highest BCUT2D eigenvalue weighted by molar-refractivity contribution is 7.17. The van der Waals surface area contributed by atoms with E-state index >= 15 is 0 Å². The number of aryl methyl sites for hydroxylation is 1. The molecular weight excluding hydrogens is 447 g/mol. The third-order valence-corrected chi connectivity index (χ3v) is 6.35. The first-order chi connectivity index (χ1) is 15.1. The minimum absolute atomic E-state index is 0.248. The average molecular weight is 469 g/mol. The van der Waals surface area contributed by atoms with Crippen LogP contribution in [0.4, 0.5) is 18.2 Å². The summed E-state index contributed by atoms with van der Waals surface area (Å²) in [6.07, 6.45) is -2.27. The quantitative estimate of drug-likeness (QED) is 0.577. The van der Waals surface area contributed by atoms with Crippen molar-refractivity contribution in [2.45, 2.75) is 44.3 Å². The van der Waals surface area contributed by atoms with Crippen molar-refractivity contribution in [2.24, 2.45) is 5.73 Å². The van der Waals surface area contributed by atoms with E-state index in [-0.39, 0.29) is 10.6 Å². The van der Waals surface area contributed by atoms with Crippen molar-refractivity contribution in [3.63, 3.8) is 0 Å². The van der Waals surface area contributed by atoms with Gasteiger partial charge in [-0.15, -0.1) is 11.3 Å². The number of nitrogens with one attached hydrogen (secondary N) is 2. The summed E-state index contributed by atoms with van der Waals surface area (Å²) in [5, 5.41) is 4.75. The molecule has 32 heavy (non-hydrogen) atoms. The van der Waals surface area contributed by atoms with Crippen LogP contribution >= 0.6 is 11.3 Å². The van der Waals surface area contributed by atoms with Crippen molar-refractivity contribution in [1.82, 2.24) is 5.32 Å². The number of nitrogens with two attached hydrogens (primary N) is 1. The van der Waals surface area contributed by atoms with Gasteiger partial charge in [0.1, 0.15) is 10.8 Å². The van der Waals surface area contributed by atoms with E-state index in [2.05, 4.69) is 5.32 Å². The van der Waals surface area contributed by atoms with Crippen LogP contribution < -0.4 is 21.1 Å². The minimum atomic E-state index is -5.10. The molecule has 1 aliphatic rings. The predicted molar refractivity (Wildman–Crippen MR) is 113 cm³/mol. The van der Waals surface area contributed by atoms with Crippen LogP contribution in [0.5, 0.6) is 5.75 Å². The van der Waals surface area contributed by atoms with Crippen LogP contribution in [0, 0.1) is 0 Å². The fraction of sp³-hybridized carbons (Fsp3) is 0.381. The Morgan fingerprint density at radius 2 is 1.81 bits per heavy atom. The highest BCUT2D eigenvalue weighted by atomic mass is 32.1. The van der Waals surface area contributed by atoms with Gasteiger partial charge in [-0.3, -0.25) is 14.4 Å².